The maximum absolute atomic E-state index is 12.7. The molecule has 3 aromatic rings. The van der Waals surface area contributed by atoms with E-state index in [-0.39, 0.29) is 16.5 Å². The number of nitrogens with zero attached hydrogens (tertiary/aromatic N) is 4. The number of carbonyl (C=O) groups is 1. The van der Waals surface area contributed by atoms with Crippen molar-refractivity contribution in [2.24, 2.45) is 0 Å². The Labute approximate surface area is 144 Å². The number of para-hydroxylation sites is 1. The van der Waals surface area contributed by atoms with Crippen molar-refractivity contribution in [3.63, 3.8) is 0 Å². The summed E-state index contributed by atoms with van der Waals surface area (Å²) in [5, 5.41) is 10.6. The van der Waals surface area contributed by atoms with Gasteiger partial charge in [0, 0.05) is 0 Å². The number of esters is 1. The molecule has 0 spiro atoms. The standard InChI is InChI=1S/C16H14N4O4S/c1-24-15(21)13-7-5-6-12(10-13)11-25(22,23)16-17-18-19-20(16)14-8-3-2-4-9-14/h2-10H,11H2,1H3. The van der Waals surface area contributed by atoms with E-state index < -0.39 is 15.8 Å². The fourth-order valence-electron chi connectivity index (χ4n) is 2.29. The number of aromatic nitrogens is 4. The summed E-state index contributed by atoms with van der Waals surface area (Å²) in [5.74, 6) is -0.876. The van der Waals surface area contributed by atoms with Gasteiger partial charge in [-0.3, -0.25) is 0 Å². The molecule has 8 nitrogen and oxygen atoms in total. The van der Waals surface area contributed by atoms with Crippen LogP contribution >= 0.6 is 0 Å². The van der Waals surface area contributed by atoms with Crippen LogP contribution in [-0.4, -0.2) is 41.7 Å². The van der Waals surface area contributed by atoms with Crippen LogP contribution in [0.25, 0.3) is 5.69 Å². The van der Waals surface area contributed by atoms with Gasteiger partial charge in [0.1, 0.15) is 0 Å². The number of benzene rings is 2. The lowest BCUT2D eigenvalue weighted by Gasteiger charge is -2.07. The Morgan fingerprint density at radius 2 is 1.88 bits per heavy atom. The van der Waals surface area contributed by atoms with Crippen molar-refractivity contribution in [2.75, 3.05) is 7.11 Å². The van der Waals surface area contributed by atoms with Crippen molar-refractivity contribution < 1.29 is 17.9 Å². The average Bonchev–Trinajstić information content (AvgIpc) is 3.12. The van der Waals surface area contributed by atoms with Gasteiger partial charge in [-0.2, -0.15) is 4.68 Å². The predicted molar refractivity (Wildman–Crippen MR) is 87.8 cm³/mol. The number of sulfone groups is 1. The van der Waals surface area contributed by atoms with Crippen molar-refractivity contribution in [1.82, 2.24) is 20.2 Å². The zero-order valence-corrected chi connectivity index (χ0v) is 14.0. The molecule has 1 aromatic heterocycles. The summed E-state index contributed by atoms with van der Waals surface area (Å²) in [5.41, 5.74) is 1.25. The number of tetrazole rings is 1. The van der Waals surface area contributed by atoms with E-state index in [1.165, 1.54) is 17.9 Å². The first-order valence-electron chi connectivity index (χ1n) is 7.25. The molecule has 0 amide bonds. The normalized spacial score (nSPS) is 11.2. The Hall–Kier alpha value is -3.07. The summed E-state index contributed by atoms with van der Waals surface area (Å²) in [6.45, 7) is 0. The van der Waals surface area contributed by atoms with E-state index in [2.05, 4.69) is 20.3 Å². The second-order valence-corrected chi connectivity index (χ2v) is 7.04. The van der Waals surface area contributed by atoms with Gasteiger partial charge in [-0.25, -0.2) is 13.2 Å². The number of hydrogen-bond donors (Lipinski definition) is 0. The van der Waals surface area contributed by atoms with E-state index in [1.807, 2.05) is 0 Å². The van der Waals surface area contributed by atoms with E-state index in [1.54, 1.807) is 48.5 Å². The van der Waals surface area contributed by atoms with Gasteiger partial charge in [-0.15, -0.1) is 0 Å². The van der Waals surface area contributed by atoms with E-state index in [4.69, 9.17) is 0 Å². The minimum atomic E-state index is -3.82. The van der Waals surface area contributed by atoms with Crippen molar-refractivity contribution in [2.45, 2.75) is 10.9 Å². The van der Waals surface area contributed by atoms with Crippen LogP contribution in [0, 0.1) is 0 Å². The monoisotopic (exact) mass is 358 g/mol. The molecule has 3 rings (SSSR count). The SMILES string of the molecule is COC(=O)c1cccc(CS(=O)(=O)c2nnnn2-c2ccccc2)c1. The van der Waals surface area contributed by atoms with Gasteiger partial charge >= 0.3 is 5.97 Å². The number of carbonyl (C=O) groups excluding carboxylic acids is 1. The molecule has 0 fully saturated rings. The van der Waals surface area contributed by atoms with Crippen LogP contribution in [-0.2, 0) is 20.3 Å². The number of hydrogen-bond acceptors (Lipinski definition) is 7. The molecule has 0 bridgehead atoms. The highest BCUT2D eigenvalue weighted by Gasteiger charge is 2.24. The van der Waals surface area contributed by atoms with Crippen molar-refractivity contribution in [3.05, 3.63) is 65.7 Å². The van der Waals surface area contributed by atoms with Crippen LogP contribution in [0.5, 0.6) is 0 Å². The lowest BCUT2D eigenvalue weighted by molar-refractivity contribution is 0.0600. The van der Waals surface area contributed by atoms with Crippen molar-refractivity contribution >= 4 is 15.8 Å². The second-order valence-electron chi connectivity index (χ2n) is 5.16. The number of rotatable bonds is 5. The van der Waals surface area contributed by atoms with E-state index >= 15 is 0 Å². The van der Waals surface area contributed by atoms with Crippen LogP contribution in [0.15, 0.2) is 59.8 Å². The first-order valence-corrected chi connectivity index (χ1v) is 8.90. The molecule has 0 saturated carbocycles. The maximum atomic E-state index is 12.7. The molecule has 0 N–H and O–H groups in total. The Balaban J connectivity index is 1.94. The minimum Gasteiger partial charge on any atom is -0.465 e. The third kappa shape index (κ3) is 3.56. The number of ether oxygens (including phenoxy) is 1. The predicted octanol–water partition coefficient (Wildman–Crippen LogP) is 1.42. The van der Waals surface area contributed by atoms with Crippen LogP contribution in [0.4, 0.5) is 0 Å². The molecule has 0 radical (unpaired) electrons. The maximum Gasteiger partial charge on any atom is 0.337 e. The van der Waals surface area contributed by atoms with Gasteiger partial charge in [0.2, 0.25) is 9.84 Å². The molecule has 9 heteroatoms. The molecule has 0 aliphatic carbocycles. The van der Waals surface area contributed by atoms with Gasteiger partial charge in [0.15, 0.2) is 0 Å². The lowest BCUT2D eigenvalue weighted by atomic mass is 10.1. The summed E-state index contributed by atoms with van der Waals surface area (Å²) < 4.78 is 31.3. The zero-order chi connectivity index (χ0) is 17.9. The molecule has 25 heavy (non-hydrogen) atoms. The summed E-state index contributed by atoms with van der Waals surface area (Å²) in [4.78, 5) is 11.6. The van der Waals surface area contributed by atoms with Crippen LogP contribution in [0.2, 0.25) is 0 Å². The fourth-order valence-corrected chi connectivity index (χ4v) is 3.61. The highest BCUT2D eigenvalue weighted by molar-refractivity contribution is 7.90. The fraction of sp³-hybridized carbons (Fsp3) is 0.125. The van der Waals surface area contributed by atoms with E-state index in [0.717, 1.165) is 0 Å². The summed E-state index contributed by atoms with van der Waals surface area (Å²) in [7, 11) is -2.56. The van der Waals surface area contributed by atoms with Crippen LogP contribution in [0.3, 0.4) is 0 Å². The van der Waals surface area contributed by atoms with Crippen molar-refractivity contribution in [3.8, 4) is 5.69 Å². The molecular weight excluding hydrogens is 344 g/mol. The quantitative estimate of drug-likeness (QED) is 0.635. The Morgan fingerprint density at radius 1 is 1.12 bits per heavy atom. The first-order chi connectivity index (χ1) is 12.0. The Morgan fingerprint density at radius 3 is 2.60 bits per heavy atom. The Kier molecular flexibility index (Phi) is 4.57. The molecule has 0 saturated heterocycles. The summed E-state index contributed by atoms with van der Waals surface area (Å²) >= 11 is 0. The van der Waals surface area contributed by atoms with Crippen molar-refractivity contribution in [1.29, 1.82) is 0 Å². The molecule has 0 unspecified atom stereocenters. The molecule has 0 aliphatic heterocycles. The zero-order valence-electron chi connectivity index (χ0n) is 13.2. The summed E-state index contributed by atoms with van der Waals surface area (Å²) in [6, 6.07) is 15.0. The van der Waals surface area contributed by atoms with Gasteiger partial charge in [-0.1, -0.05) is 35.4 Å². The largest absolute Gasteiger partial charge is 0.465 e. The molecule has 128 valence electrons. The van der Waals surface area contributed by atoms with Gasteiger partial charge in [0.05, 0.1) is 24.1 Å². The lowest BCUT2D eigenvalue weighted by Crippen LogP contribution is -2.13. The van der Waals surface area contributed by atoms with Gasteiger partial charge in [-0.05, 0) is 40.3 Å². The van der Waals surface area contributed by atoms with Gasteiger partial charge < -0.3 is 4.74 Å². The average molecular weight is 358 g/mol. The second kappa shape index (κ2) is 6.81. The molecule has 2 aromatic carbocycles. The first kappa shape index (κ1) is 16.8. The highest BCUT2D eigenvalue weighted by Crippen LogP contribution is 2.18. The third-order valence-electron chi connectivity index (χ3n) is 3.42. The molecular formula is C16H14N4O4S. The van der Waals surface area contributed by atoms with Crippen LogP contribution in [0.1, 0.15) is 15.9 Å². The van der Waals surface area contributed by atoms with Gasteiger partial charge in [0.25, 0.3) is 5.16 Å². The Bertz CT molecular complexity index is 1000. The highest BCUT2D eigenvalue weighted by atomic mass is 32.2. The van der Waals surface area contributed by atoms with E-state index in [0.29, 0.717) is 11.3 Å². The molecule has 0 atom stereocenters. The smallest absolute Gasteiger partial charge is 0.337 e. The minimum absolute atomic E-state index is 0.262. The molecule has 1 heterocycles. The number of methoxy groups -OCH3 is 1. The van der Waals surface area contributed by atoms with Crippen LogP contribution < -0.4 is 0 Å². The topological polar surface area (TPSA) is 104 Å². The third-order valence-corrected chi connectivity index (χ3v) is 4.95. The molecule has 0 aliphatic rings. The van der Waals surface area contributed by atoms with E-state index in [9.17, 15) is 13.2 Å². The summed E-state index contributed by atoms with van der Waals surface area (Å²) in [6.07, 6.45) is 0.